The van der Waals surface area contributed by atoms with Crippen molar-refractivity contribution in [3.63, 3.8) is 0 Å². The SMILES string of the molecule is COC(=O)c1c(NC(=S)N2CCN(S(=O)(=O)c3ccccc3)CC2)sc(C)c1C. The fourth-order valence-corrected chi connectivity index (χ4v) is 5.95. The molecule has 0 saturated carbocycles. The number of anilines is 1. The Bertz CT molecular complexity index is 1010. The van der Waals surface area contributed by atoms with Gasteiger partial charge < -0.3 is 15.0 Å². The zero-order valence-corrected chi connectivity index (χ0v) is 18.9. The molecule has 0 unspecified atom stereocenters. The zero-order chi connectivity index (χ0) is 21.2. The van der Waals surface area contributed by atoms with E-state index >= 15 is 0 Å². The van der Waals surface area contributed by atoms with Gasteiger partial charge in [0, 0.05) is 31.1 Å². The summed E-state index contributed by atoms with van der Waals surface area (Å²) in [6, 6.07) is 8.42. The van der Waals surface area contributed by atoms with Crippen LogP contribution in [0.25, 0.3) is 0 Å². The minimum absolute atomic E-state index is 0.293. The number of nitrogens with one attached hydrogen (secondary N) is 1. The van der Waals surface area contributed by atoms with Crippen molar-refractivity contribution in [1.29, 1.82) is 0 Å². The second-order valence-corrected chi connectivity index (χ2v) is 10.2. The minimum atomic E-state index is -3.51. The Kier molecular flexibility index (Phi) is 6.57. The number of nitrogens with zero attached hydrogens (tertiary/aromatic N) is 2. The number of sulfonamides is 1. The van der Waals surface area contributed by atoms with E-state index in [0.29, 0.717) is 46.8 Å². The van der Waals surface area contributed by atoms with Gasteiger partial charge in [0.15, 0.2) is 5.11 Å². The van der Waals surface area contributed by atoms with Gasteiger partial charge in [-0.05, 0) is 43.8 Å². The number of esters is 1. The number of thiophene rings is 1. The Morgan fingerprint density at radius 3 is 2.34 bits per heavy atom. The lowest BCUT2D eigenvalue weighted by Gasteiger charge is -2.35. The first-order chi connectivity index (χ1) is 13.8. The molecule has 1 aliphatic heterocycles. The maximum Gasteiger partial charge on any atom is 0.341 e. The lowest BCUT2D eigenvalue weighted by molar-refractivity contribution is 0.0601. The number of aryl methyl sites for hydroxylation is 1. The van der Waals surface area contributed by atoms with Crippen molar-refractivity contribution in [2.75, 3.05) is 38.6 Å². The van der Waals surface area contributed by atoms with E-state index in [2.05, 4.69) is 5.32 Å². The second kappa shape index (κ2) is 8.78. The number of carbonyl (C=O) groups is 1. The van der Waals surface area contributed by atoms with Gasteiger partial charge >= 0.3 is 5.97 Å². The molecule has 0 atom stereocenters. The average molecular weight is 454 g/mol. The fourth-order valence-electron chi connectivity index (χ4n) is 3.11. The smallest absolute Gasteiger partial charge is 0.341 e. The highest BCUT2D eigenvalue weighted by atomic mass is 32.2. The van der Waals surface area contributed by atoms with Gasteiger partial charge in [-0.1, -0.05) is 18.2 Å². The molecular weight excluding hydrogens is 430 g/mol. The van der Waals surface area contributed by atoms with Crippen LogP contribution in [0.4, 0.5) is 5.00 Å². The number of hydrogen-bond acceptors (Lipinski definition) is 6. The Hall–Kier alpha value is -2.01. The van der Waals surface area contributed by atoms with Crippen molar-refractivity contribution in [2.24, 2.45) is 0 Å². The zero-order valence-electron chi connectivity index (χ0n) is 16.5. The van der Waals surface area contributed by atoms with Crippen LogP contribution in [0.5, 0.6) is 0 Å². The summed E-state index contributed by atoms with van der Waals surface area (Å²) in [4.78, 5) is 15.3. The number of thiocarbonyl (C=S) groups is 1. The molecule has 1 saturated heterocycles. The Balaban J connectivity index is 1.67. The third-order valence-corrected chi connectivity index (χ3v) is 8.30. The largest absolute Gasteiger partial charge is 0.465 e. The van der Waals surface area contributed by atoms with E-state index in [1.807, 2.05) is 18.7 Å². The van der Waals surface area contributed by atoms with Crippen molar-refractivity contribution in [1.82, 2.24) is 9.21 Å². The highest BCUT2D eigenvalue weighted by molar-refractivity contribution is 7.89. The Morgan fingerprint density at radius 2 is 1.76 bits per heavy atom. The van der Waals surface area contributed by atoms with E-state index in [1.165, 1.54) is 22.8 Å². The van der Waals surface area contributed by atoms with Gasteiger partial charge in [0.05, 0.1) is 17.6 Å². The van der Waals surface area contributed by atoms with Crippen LogP contribution in [-0.4, -0.2) is 62.0 Å². The molecule has 1 N–H and O–H groups in total. The van der Waals surface area contributed by atoms with Gasteiger partial charge in [0.2, 0.25) is 10.0 Å². The standard InChI is InChI=1S/C19H23N3O4S3/c1-13-14(2)28-17(16(13)18(23)26-3)20-19(27)21-9-11-22(12-10-21)29(24,25)15-7-5-4-6-8-15/h4-8H,9-12H2,1-3H3,(H,20,27). The van der Waals surface area contributed by atoms with E-state index in [1.54, 1.807) is 30.3 Å². The van der Waals surface area contributed by atoms with Crippen LogP contribution in [0.2, 0.25) is 0 Å². The Labute approximate surface area is 180 Å². The molecule has 7 nitrogen and oxygen atoms in total. The molecular formula is C19H23N3O4S3. The molecule has 0 spiro atoms. The summed E-state index contributed by atoms with van der Waals surface area (Å²) >= 11 is 6.96. The normalized spacial score (nSPS) is 15.2. The van der Waals surface area contributed by atoms with Crippen LogP contribution in [0.1, 0.15) is 20.8 Å². The Morgan fingerprint density at radius 1 is 1.14 bits per heavy atom. The molecule has 3 rings (SSSR count). The predicted octanol–water partition coefficient (Wildman–Crippen LogP) is 2.85. The average Bonchev–Trinajstić information content (AvgIpc) is 3.01. The summed E-state index contributed by atoms with van der Waals surface area (Å²) in [5, 5.41) is 4.26. The molecule has 0 amide bonds. The number of rotatable bonds is 4. The monoisotopic (exact) mass is 453 g/mol. The third kappa shape index (κ3) is 4.45. The van der Waals surface area contributed by atoms with E-state index in [4.69, 9.17) is 17.0 Å². The van der Waals surface area contributed by atoms with E-state index < -0.39 is 16.0 Å². The highest BCUT2D eigenvalue weighted by Crippen LogP contribution is 2.33. The van der Waals surface area contributed by atoms with Crippen LogP contribution in [-0.2, 0) is 14.8 Å². The number of hydrogen-bond donors (Lipinski definition) is 1. The minimum Gasteiger partial charge on any atom is -0.465 e. The van der Waals surface area contributed by atoms with Gasteiger partial charge in [-0.3, -0.25) is 0 Å². The molecule has 1 aromatic carbocycles. The molecule has 2 heterocycles. The van der Waals surface area contributed by atoms with Crippen molar-refractivity contribution in [3.05, 3.63) is 46.3 Å². The van der Waals surface area contributed by atoms with Crippen molar-refractivity contribution < 1.29 is 17.9 Å². The van der Waals surface area contributed by atoms with Crippen LogP contribution in [0.15, 0.2) is 35.2 Å². The van der Waals surface area contributed by atoms with E-state index in [9.17, 15) is 13.2 Å². The summed E-state index contributed by atoms with van der Waals surface area (Å²) in [7, 11) is -2.16. The molecule has 0 aliphatic carbocycles. The summed E-state index contributed by atoms with van der Waals surface area (Å²) in [5.74, 6) is -0.407. The lowest BCUT2D eigenvalue weighted by atomic mass is 10.1. The summed E-state index contributed by atoms with van der Waals surface area (Å²) in [6.45, 7) is 5.42. The topological polar surface area (TPSA) is 79.0 Å². The highest BCUT2D eigenvalue weighted by Gasteiger charge is 2.30. The molecule has 0 radical (unpaired) electrons. The van der Waals surface area contributed by atoms with Crippen molar-refractivity contribution >= 4 is 49.7 Å². The number of methoxy groups -OCH3 is 1. The summed E-state index contributed by atoms with van der Waals surface area (Å²) < 4.78 is 31.9. The van der Waals surface area contributed by atoms with E-state index in [0.717, 1.165) is 10.4 Å². The van der Waals surface area contributed by atoms with Crippen molar-refractivity contribution in [3.8, 4) is 0 Å². The van der Waals surface area contributed by atoms with Crippen molar-refractivity contribution in [2.45, 2.75) is 18.7 Å². The molecule has 1 aliphatic rings. The molecule has 156 valence electrons. The number of ether oxygens (including phenoxy) is 1. The van der Waals surface area contributed by atoms with Gasteiger partial charge in [0.25, 0.3) is 0 Å². The number of carbonyl (C=O) groups excluding carboxylic acids is 1. The van der Waals surface area contributed by atoms with Gasteiger partial charge in [-0.15, -0.1) is 11.3 Å². The molecule has 1 aromatic heterocycles. The van der Waals surface area contributed by atoms with Gasteiger partial charge in [0.1, 0.15) is 5.00 Å². The molecule has 2 aromatic rings. The van der Waals surface area contributed by atoms with Crippen LogP contribution in [0, 0.1) is 13.8 Å². The quantitative estimate of drug-likeness (QED) is 0.563. The van der Waals surface area contributed by atoms with Crippen LogP contribution < -0.4 is 5.32 Å². The first kappa shape index (κ1) is 21.7. The first-order valence-electron chi connectivity index (χ1n) is 9.05. The third-order valence-electron chi connectivity index (χ3n) is 4.90. The van der Waals surface area contributed by atoms with Crippen LogP contribution >= 0.6 is 23.6 Å². The van der Waals surface area contributed by atoms with E-state index in [-0.39, 0.29) is 0 Å². The maximum atomic E-state index is 12.8. The second-order valence-electron chi connectivity index (χ2n) is 6.61. The summed E-state index contributed by atoms with van der Waals surface area (Å²) in [6.07, 6.45) is 0. The molecule has 10 heteroatoms. The number of piperazine rings is 1. The molecule has 29 heavy (non-hydrogen) atoms. The predicted molar refractivity (Wildman–Crippen MR) is 118 cm³/mol. The first-order valence-corrected chi connectivity index (χ1v) is 11.7. The van der Waals surface area contributed by atoms with Crippen LogP contribution in [0.3, 0.4) is 0 Å². The fraction of sp³-hybridized carbons (Fsp3) is 0.368. The van der Waals surface area contributed by atoms with Gasteiger partial charge in [-0.25, -0.2) is 13.2 Å². The van der Waals surface area contributed by atoms with Gasteiger partial charge in [-0.2, -0.15) is 4.31 Å². The maximum absolute atomic E-state index is 12.8. The summed E-state index contributed by atoms with van der Waals surface area (Å²) in [5.41, 5.74) is 1.36. The number of benzene rings is 1. The molecule has 1 fully saturated rings. The molecule has 0 bridgehead atoms. The lowest BCUT2D eigenvalue weighted by Crippen LogP contribution is -2.51.